The SMILES string of the molecule is CC(C)CC(=O)C(=N)C=N. The molecule has 0 bridgehead atoms. The van der Waals surface area contributed by atoms with Crippen molar-refractivity contribution in [1.29, 1.82) is 10.8 Å². The minimum atomic E-state index is -0.245. The van der Waals surface area contributed by atoms with Crippen molar-refractivity contribution in [2.24, 2.45) is 5.92 Å². The number of hydrogen-bond acceptors (Lipinski definition) is 3. The molecule has 3 heteroatoms. The molecule has 0 saturated carbocycles. The fourth-order valence-electron chi connectivity index (χ4n) is 0.561. The highest BCUT2D eigenvalue weighted by molar-refractivity contribution is 6.59. The van der Waals surface area contributed by atoms with E-state index in [1.807, 2.05) is 13.8 Å². The number of carbonyl (C=O) groups is 1. The largest absolute Gasteiger partial charge is 0.306 e. The second kappa shape index (κ2) is 3.93. The molecule has 0 aromatic carbocycles. The fraction of sp³-hybridized carbons (Fsp3) is 0.571. The van der Waals surface area contributed by atoms with Crippen LogP contribution in [0.1, 0.15) is 20.3 Å². The molecule has 10 heavy (non-hydrogen) atoms. The first-order valence-corrected chi connectivity index (χ1v) is 3.20. The summed E-state index contributed by atoms with van der Waals surface area (Å²) in [7, 11) is 0. The van der Waals surface area contributed by atoms with Crippen LogP contribution in [0.15, 0.2) is 0 Å². The summed E-state index contributed by atoms with van der Waals surface area (Å²) in [5.41, 5.74) is -0.200. The Balaban J connectivity index is 3.85. The topological polar surface area (TPSA) is 64.8 Å². The molecule has 0 amide bonds. The average Bonchev–Trinajstić information content (AvgIpc) is 1.85. The van der Waals surface area contributed by atoms with Crippen molar-refractivity contribution in [3.05, 3.63) is 0 Å². The lowest BCUT2D eigenvalue weighted by atomic mass is 10.0. The monoisotopic (exact) mass is 140 g/mol. The molecule has 56 valence electrons. The molecular formula is C7H12N2O. The molecule has 0 spiro atoms. The van der Waals surface area contributed by atoms with Crippen molar-refractivity contribution in [2.45, 2.75) is 20.3 Å². The predicted molar refractivity (Wildman–Crippen MR) is 41.0 cm³/mol. The first-order valence-electron chi connectivity index (χ1n) is 3.20. The van der Waals surface area contributed by atoms with Crippen LogP contribution in [0, 0.1) is 16.7 Å². The van der Waals surface area contributed by atoms with Crippen LogP contribution in [0.2, 0.25) is 0 Å². The lowest BCUT2D eigenvalue weighted by Gasteiger charge is -1.99. The predicted octanol–water partition coefficient (Wildman–Crippen LogP) is 1.27. The van der Waals surface area contributed by atoms with Gasteiger partial charge in [-0.15, -0.1) is 0 Å². The molecule has 0 aliphatic carbocycles. The molecule has 0 unspecified atom stereocenters. The molecule has 0 aromatic heterocycles. The molecule has 0 radical (unpaired) electrons. The van der Waals surface area contributed by atoms with E-state index in [0.717, 1.165) is 6.21 Å². The van der Waals surface area contributed by atoms with E-state index >= 15 is 0 Å². The highest BCUT2D eigenvalue weighted by Crippen LogP contribution is 1.99. The molecule has 0 aliphatic rings. The van der Waals surface area contributed by atoms with E-state index in [1.54, 1.807) is 0 Å². The van der Waals surface area contributed by atoms with Gasteiger partial charge in [-0.1, -0.05) is 13.8 Å². The first kappa shape index (κ1) is 9.01. The molecule has 0 heterocycles. The van der Waals surface area contributed by atoms with E-state index in [1.165, 1.54) is 0 Å². The van der Waals surface area contributed by atoms with E-state index in [4.69, 9.17) is 10.8 Å². The summed E-state index contributed by atoms with van der Waals surface area (Å²) in [5.74, 6) is 0.0257. The molecule has 0 rings (SSSR count). The van der Waals surface area contributed by atoms with Gasteiger partial charge in [0.15, 0.2) is 5.78 Å². The van der Waals surface area contributed by atoms with Gasteiger partial charge in [0.05, 0.1) is 0 Å². The number of ketones is 1. The van der Waals surface area contributed by atoms with Crippen LogP contribution in [0.4, 0.5) is 0 Å². The van der Waals surface area contributed by atoms with Gasteiger partial charge >= 0.3 is 0 Å². The van der Waals surface area contributed by atoms with Crippen LogP contribution >= 0.6 is 0 Å². The average molecular weight is 140 g/mol. The van der Waals surface area contributed by atoms with Crippen molar-refractivity contribution < 1.29 is 4.79 Å². The van der Waals surface area contributed by atoms with Crippen molar-refractivity contribution in [3.8, 4) is 0 Å². The molecule has 0 saturated heterocycles. The van der Waals surface area contributed by atoms with Crippen molar-refractivity contribution in [2.75, 3.05) is 0 Å². The summed E-state index contributed by atoms with van der Waals surface area (Å²) in [6, 6.07) is 0. The second-order valence-corrected chi connectivity index (χ2v) is 2.58. The Labute approximate surface area is 60.5 Å². The number of rotatable bonds is 4. The van der Waals surface area contributed by atoms with Crippen LogP contribution in [0.25, 0.3) is 0 Å². The highest BCUT2D eigenvalue weighted by atomic mass is 16.1. The van der Waals surface area contributed by atoms with Gasteiger partial charge in [0.25, 0.3) is 0 Å². The normalized spacial score (nSPS) is 9.50. The zero-order chi connectivity index (χ0) is 8.15. The molecule has 3 nitrogen and oxygen atoms in total. The highest BCUT2D eigenvalue weighted by Gasteiger charge is 2.07. The van der Waals surface area contributed by atoms with Gasteiger partial charge in [-0.3, -0.25) is 10.2 Å². The molecule has 0 atom stereocenters. The van der Waals surface area contributed by atoms with Gasteiger partial charge in [-0.05, 0) is 5.92 Å². The quantitative estimate of drug-likeness (QED) is 0.567. The Morgan fingerprint density at radius 3 is 2.40 bits per heavy atom. The molecule has 0 aromatic rings. The molecule has 0 aliphatic heterocycles. The number of carbonyl (C=O) groups excluding carboxylic acids is 1. The van der Waals surface area contributed by atoms with Crippen LogP contribution in [0.5, 0.6) is 0 Å². The van der Waals surface area contributed by atoms with Gasteiger partial charge in [0, 0.05) is 12.6 Å². The van der Waals surface area contributed by atoms with E-state index in [9.17, 15) is 4.79 Å². The third-order valence-corrected chi connectivity index (χ3v) is 1.04. The summed E-state index contributed by atoms with van der Waals surface area (Å²) in [5, 5.41) is 13.6. The molecule has 0 fully saturated rings. The van der Waals surface area contributed by atoms with Crippen molar-refractivity contribution in [3.63, 3.8) is 0 Å². The molecule has 2 N–H and O–H groups in total. The Morgan fingerprint density at radius 1 is 1.60 bits per heavy atom. The lowest BCUT2D eigenvalue weighted by molar-refractivity contribution is -0.113. The summed E-state index contributed by atoms with van der Waals surface area (Å²) in [4.78, 5) is 10.8. The van der Waals surface area contributed by atoms with Crippen molar-refractivity contribution in [1.82, 2.24) is 0 Å². The minimum absolute atomic E-state index is 0.200. The Hall–Kier alpha value is -0.990. The Kier molecular flexibility index (Phi) is 3.54. The van der Waals surface area contributed by atoms with E-state index in [2.05, 4.69) is 0 Å². The van der Waals surface area contributed by atoms with Gasteiger partial charge in [-0.25, -0.2) is 0 Å². The maximum absolute atomic E-state index is 10.8. The Morgan fingerprint density at radius 2 is 2.10 bits per heavy atom. The summed E-state index contributed by atoms with van der Waals surface area (Å²) in [6.07, 6.45) is 1.15. The van der Waals surface area contributed by atoms with Gasteiger partial charge in [-0.2, -0.15) is 0 Å². The summed E-state index contributed by atoms with van der Waals surface area (Å²) < 4.78 is 0. The van der Waals surface area contributed by atoms with E-state index in [-0.39, 0.29) is 17.4 Å². The molecular weight excluding hydrogens is 128 g/mol. The van der Waals surface area contributed by atoms with E-state index < -0.39 is 0 Å². The lowest BCUT2D eigenvalue weighted by Crippen LogP contribution is -2.15. The maximum Gasteiger partial charge on any atom is 0.182 e. The summed E-state index contributed by atoms with van der Waals surface area (Å²) >= 11 is 0. The maximum atomic E-state index is 10.8. The summed E-state index contributed by atoms with van der Waals surface area (Å²) in [6.45, 7) is 3.82. The first-order chi connectivity index (χ1) is 4.57. The van der Waals surface area contributed by atoms with Crippen LogP contribution < -0.4 is 0 Å². The van der Waals surface area contributed by atoms with Gasteiger partial charge in [0.2, 0.25) is 0 Å². The smallest absolute Gasteiger partial charge is 0.182 e. The number of hydrogen-bond donors (Lipinski definition) is 2. The zero-order valence-corrected chi connectivity index (χ0v) is 6.27. The third-order valence-electron chi connectivity index (χ3n) is 1.04. The minimum Gasteiger partial charge on any atom is -0.306 e. The zero-order valence-electron chi connectivity index (χ0n) is 6.27. The van der Waals surface area contributed by atoms with Crippen LogP contribution in [0.3, 0.4) is 0 Å². The fourth-order valence-corrected chi connectivity index (χ4v) is 0.561. The second-order valence-electron chi connectivity index (χ2n) is 2.58. The standard InChI is InChI=1S/C7H12N2O/c1-5(2)3-7(10)6(9)4-8/h4-5,8-9H,3H2,1-2H3. The van der Waals surface area contributed by atoms with Crippen molar-refractivity contribution >= 4 is 17.7 Å². The van der Waals surface area contributed by atoms with E-state index in [0.29, 0.717) is 6.42 Å². The third kappa shape index (κ3) is 3.12. The van der Waals surface area contributed by atoms with Gasteiger partial charge < -0.3 is 5.41 Å². The number of Topliss-reactive ketones (excluding diaryl/α,β-unsaturated/α-hetero) is 1. The Bertz CT molecular complexity index is 161. The van der Waals surface area contributed by atoms with Crippen LogP contribution in [-0.2, 0) is 4.79 Å². The van der Waals surface area contributed by atoms with Crippen LogP contribution in [-0.4, -0.2) is 17.7 Å². The number of nitrogens with one attached hydrogen (secondary N) is 2. The van der Waals surface area contributed by atoms with Gasteiger partial charge in [0.1, 0.15) is 5.71 Å².